The molecule has 4 rings (SSSR count). The number of rotatable bonds is 6. The number of Topliss-reactive ketones (excluding diaryl/α,β-unsaturated/α-hetero) is 1. The second-order valence-corrected chi connectivity index (χ2v) is 8.39. The van der Waals surface area contributed by atoms with Gasteiger partial charge in [0, 0.05) is 10.6 Å². The van der Waals surface area contributed by atoms with Crippen molar-refractivity contribution in [3.63, 3.8) is 0 Å². The molecule has 3 aromatic carbocycles. The molecule has 0 saturated carbocycles. The Morgan fingerprint density at radius 1 is 1.00 bits per heavy atom. The Bertz CT molecular complexity index is 1270. The molecule has 1 aromatic heterocycles. The van der Waals surface area contributed by atoms with Gasteiger partial charge in [0.15, 0.2) is 10.9 Å². The first-order valence-corrected chi connectivity index (χ1v) is 10.8. The summed E-state index contributed by atoms with van der Waals surface area (Å²) in [4.78, 5) is 30.5. The van der Waals surface area contributed by atoms with Crippen LogP contribution >= 0.6 is 23.4 Å². The first kappa shape index (κ1) is 20.4. The molecular formula is C24H19ClN2O2S. The summed E-state index contributed by atoms with van der Waals surface area (Å²) in [5.41, 5.74) is 3.27. The number of carbonyl (C=O) groups is 1. The summed E-state index contributed by atoms with van der Waals surface area (Å²) in [5, 5.41) is 1.68. The molecule has 0 atom stereocenters. The Balaban J connectivity index is 1.68. The number of hydrogen-bond acceptors (Lipinski definition) is 4. The second-order valence-electron chi connectivity index (χ2n) is 7.01. The summed E-state index contributed by atoms with van der Waals surface area (Å²) < 4.78 is 1.65. The number of halogens is 1. The van der Waals surface area contributed by atoms with Gasteiger partial charge in [-0.25, -0.2) is 4.98 Å². The number of hydrogen-bond donors (Lipinski definition) is 0. The Morgan fingerprint density at radius 2 is 1.70 bits per heavy atom. The number of ketones is 1. The van der Waals surface area contributed by atoms with E-state index in [-0.39, 0.29) is 17.1 Å². The Labute approximate surface area is 183 Å². The van der Waals surface area contributed by atoms with E-state index < -0.39 is 0 Å². The fraction of sp³-hybridized carbons (Fsp3) is 0.125. The summed E-state index contributed by atoms with van der Waals surface area (Å²) in [6, 6.07) is 22.1. The maximum absolute atomic E-state index is 13.2. The van der Waals surface area contributed by atoms with Gasteiger partial charge >= 0.3 is 0 Å². The predicted octanol–water partition coefficient (Wildman–Crippen LogP) is 5.38. The van der Waals surface area contributed by atoms with Gasteiger partial charge < -0.3 is 0 Å². The Hall–Kier alpha value is -2.89. The van der Waals surface area contributed by atoms with E-state index in [0.29, 0.717) is 33.2 Å². The first-order valence-electron chi connectivity index (χ1n) is 9.48. The normalized spacial score (nSPS) is 11.0. The summed E-state index contributed by atoms with van der Waals surface area (Å²) in [6.45, 7) is 2.42. The highest BCUT2D eigenvalue weighted by Gasteiger charge is 2.14. The van der Waals surface area contributed by atoms with E-state index in [4.69, 9.17) is 11.6 Å². The molecule has 1 heterocycles. The molecule has 4 aromatic rings. The minimum absolute atomic E-state index is 0.0408. The number of aromatic nitrogens is 2. The zero-order valence-corrected chi connectivity index (χ0v) is 17.9. The zero-order chi connectivity index (χ0) is 21.1. The van der Waals surface area contributed by atoms with Crippen LogP contribution in [0.5, 0.6) is 0 Å². The number of aryl methyl sites for hydroxylation is 1. The highest BCUT2D eigenvalue weighted by atomic mass is 35.5. The maximum Gasteiger partial charge on any atom is 0.262 e. The standard InChI is InChI=1S/C24H19ClN2O2S/c1-16-6-8-17(9-7-16)14-27-23(29)20-4-2-3-5-21(20)26-24(27)30-15-22(28)18-10-12-19(25)13-11-18/h2-13H,14-15H2,1H3. The highest BCUT2D eigenvalue weighted by molar-refractivity contribution is 7.99. The van der Waals surface area contributed by atoms with Crippen LogP contribution in [-0.4, -0.2) is 21.1 Å². The van der Waals surface area contributed by atoms with E-state index in [9.17, 15) is 9.59 Å². The number of thioether (sulfide) groups is 1. The van der Waals surface area contributed by atoms with Gasteiger partial charge in [-0.2, -0.15) is 0 Å². The number of benzene rings is 3. The third kappa shape index (κ3) is 4.48. The van der Waals surface area contributed by atoms with Crippen molar-refractivity contribution >= 4 is 40.0 Å². The zero-order valence-electron chi connectivity index (χ0n) is 16.3. The highest BCUT2D eigenvalue weighted by Crippen LogP contribution is 2.21. The molecule has 0 N–H and O–H groups in total. The lowest BCUT2D eigenvalue weighted by Gasteiger charge is -2.13. The average molecular weight is 435 g/mol. The van der Waals surface area contributed by atoms with E-state index >= 15 is 0 Å². The average Bonchev–Trinajstić information content (AvgIpc) is 2.76. The van der Waals surface area contributed by atoms with Crippen molar-refractivity contribution in [3.05, 3.63) is 105 Å². The summed E-state index contributed by atoms with van der Waals surface area (Å²) in [5.74, 6) is 0.140. The van der Waals surface area contributed by atoms with Crippen LogP contribution in [-0.2, 0) is 6.54 Å². The van der Waals surface area contributed by atoms with E-state index in [1.807, 2.05) is 49.4 Å². The third-order valence-corrected chi connectivity index (χ3v) is 6.01. The molecule has 0 aliphatic rings. The molecular weight excluding hydrogens is 416 g/mol. The van der Waals surface area contributed by atoms with Gasteiger partial charge in [0.05, 0.1) is 23.2 Å². The number of nitrogens with zero attached hydrogens (tertiary/aromatic N) is 2. The van der Waals surface area contributed by atoms with Crippen molar-refractivity contribution in [1.82, 2.24) is 9.55 Å². The molecule has 4 nitrogen and oxygen atoms in total. The van der Waals surface area contributed by atoms with Gasteiger partial charge in [0.1, 0.15) is 0 Å². The SMILES string of the molecule is Cc1ccc(Cn2c(SCC(=O)c3ccc(Cl)cc3)nc3ccccc3c2=O)cc1. The topological polar surface area (TPSA) is 52.0 Å². The quantitative estimate of drug-likeness (QED) is 0.232. The van der Waals surface area contributed by atoms with Crippen LogP contribution in [0.2, 0.25) is 5.02 Å². The largest absolute Gasteiger partial charge is 0.293 e. The summed E-state index contributed by atoms with van der Waals surface area (Å²) in [6.07, 6.45) is 0. The molecule has 0 spiro atoms. The number of fused-ring (bicyclic) bond motifs is 1. The maximum atomic E-state index is 13.2. The van der Waals surface area contributed by atoms with Gasteiger partial charge in [0.2, 0.25) is 0 Å². The number of para-hydroxylation sites is 1. The number of carbonyl (C=O) groups excluding carboxylic acids is 1. The second kappa shape index (κ2) is 8.86. The van der Waals surface area contributed by atoms with Crippen LogP contribution in [0.1, 0.15) is 21.5 Å². The molecule has 0 radical (unpaired) electrons. The monoisotopic (exact) mass is 434 g/mol. The molecule has 0 aliphatic carbocycles. The van der Waals surface area contributed by atoms with E-state index in [0.717, 1.165) is 11.1 Å². The molecule has 0 bridgehead atoms. The Morgan fingerprint density at radius 3 is 2.43 bits per heavy atom. The van der Waals surface area contributed by atoms with Crippen molar-refractivity contribution in [2.75, 3.05) is 5.75 Å². The fourth-order valence-corrected chi connectivity index (χ4v) is 4.14. The van der Waals surface area contributed by atoms with Crippen molar-refractivity contribution in [1.29, 1.82) is 0 Å². The lowest BCUT2D eigenvalue weighted by Crippen LogP contribution is -2.24. The van der Waals surface area contributed by atoms with Gasteiger partial charge in [-0.15, -0.1) is 0 Å². The van der Waals surface area contributed by atoms with Crippen LogP contribution < -0.4 is 5.56 Å². The van der Waals surface area contributed by atoms with Crippen molar-refractivity contribution in [3.8, 4) is 0 Å². The van der Waals surface area contributed by atoms with Crippen molar-refractivity contribution < 1.29 is 4.79 Å². The molecule has 0 saturated heterocycles. The van der Waals surface area contributed by atoms with Crippen LogP contribution in [0, 0.1) is 6.92 Å². The first-order chi connectivity index (χ1) is 14.5. The molecule has 0 aliphatic heterocycles. The van der Waals surface area contributed by atoms with Gasteiger partial charge in [-0.1, -0.05) is 65.3 Å². The van der Waals surface area contributed by atoms with Gasteiger partial charge in [-0.3, -0.25) is 14.2 Å². The van der Waals surface area contributed by atoms with E-state index in [1.165, 1.54) is 11.8 Å². The molecule has 6 heteroatoms. The van der Waals surface area contributed by atoms with Crippen molar-refractivity contribution in [2.24, 2.45) is 0 Å². The fourth-order valence-electron chi connectivity index (χ4n) is 3.12. The van der Waals surface area contributed by atoms with E-state index in [2.05, 4.69) is 4.98 Å². The van der Waals surface area contributed by atoms with Crippen LogP contribution in [0.4, 0.5) is 0 Å². The van der Waals surface area contributed by atoms with E-state index in [1.54, 1.807) is 34.9 Å². The molecule has 150 valence electrons. The third-order valence-electron chi connectivity index (χ3n) is 4.79. The van der Waals surface area contributed by atoms with Crippen molar-refractivity contribution in [2.45, 2.75) is 18.6 Å². The minimum atomic E-state index is -0.109. The van der Waals surface area contributed by atoms with Crippen LogP contribution in [0.3, 0.4) is 0 Å². The lowest BCUT2D eigenvalue weighted by molar-refractivity contribution is 0.102. The summed E-state index contributed by atoms with van der Waals surface area (Å²) >= 11 is 7.18. The minimum Gasteiger partial charge on any atom is -0.293 e. The molecule has 30 heavy (non-hydrogen) atoms. The Kier molecular flexibility index (Phi) is 6.02. The predicted molar refractivity (Wildman–Crippen MR) is 123 cm³/mol. The molecule has 0 amide bonds. The van der Waals surface area contributed by atoms with Gasteiger partial charge in [0.25, 0.3) is 5.56 Å². The molecule has 0 fully saturated rings. The summed E-state index contributed by atoms with van der Waals surface area (Å²) in [7, 11) is 0. The van der Waals surface area contributed by atoms with Crippen LogP contribution in [0.15, 0.2) is 82.7 Å². The lowest BCUT2D eigenvalue weighted by atomic mass is 10.1. The smallest absolute Gasteiger partial charge is 0.262 e. The molecule has 0 unspecified atom stereocenters. The van der Waals surface area contributed by atoms with Crippen LogP contribution in [0.25, 0.3) is 10.9 Å². The van der Waals surface area contributed by atoms with Gasteiger partial charge in [-0.05, 0) is 48.9 Å².